The summed E-state index contributed by atoms with van der Waals surface area (Å²) >= 11 is 1.16. The summed E-state index contributed by atoms with van der Waals surface area (Å²) in [5.74, 6) is -0.122. The van der Waals surface area contributed by atoms with E-state index in [0.717, 1.165) is 49.3 Å². The molecule has 0 bridgehead atoms. The van der Waals surface area contributed by atoms with Crippen LogP contribution in [0.25, 0.3) is 10.2 Å². The third-order valence-corrected chi connectivity index (χ3v) is 7.05. The second-order valence-corrected chi connectivity index (χ2v) is 9.02. The number of rotatable bonds is 6. The van der Waals surface area contributed by atoms with Gasteiger partial charge in [0, 0.05) is 19.5 Å². The van der Waals surface area contributed by atoms with Crippen molar-refractivity contribution in [1.29, 1.82) is 0 Å². The molecule has 160 valence electrons. The summed E-state index contributed by atoms with van der Waals surface area (Å²) in [5.41, 5.74) is 1.87. The second-order valence-electron chi connectivity index (χ2n) is 8.02. The minimum atomic E-state index is -0.901. The van der Waals surface area contributed by atoms with E-state index in [1.54, 1.807) is 18.4 Å². The van der Waals surface area contributed by atoms with Gasteiger partial charge in [-0.1, -0.05) is 11.6 Å². The van der Waals surface area contributed by atoms with E-state index in [-0.39, 0.29) is 11.5 Å². The van der Waals surface area contributed by atoms with Gasteiger partial charge >= 0.3 is 5.97 Å². The van der Waals surface area contributed by atoms with Gasteiger partial charge in [-0.05, 0) is 57.9 Å². The third-order valence-electron chi connectivity index (χ3n) is 5.88. The van der Waals surface area contributed by atoms with Gasteiger partial charge in [-0.3, -0.25) is 14.2 Å². The summed E-state index contributed by atoms with van der Waals surface area (Å²) < 4.78 is 7.09. The zero-order valence-corrected chi connectivity index (χ0v) is 18.3. The minimum absolute atomic E-state index is 0.0943. The fraction of sp³-hybridized carbons (Fsp3) is 0.545. The molecule has 4 rings (SSSR count). The van der Waals surface area contributed by atoms with E-state index in [1.807, 2.05) is 0 Å². The molecule has 1 aliphatic carbocycles. The molecule has 30 heavy (non-hydrogen) atoms. The van der Waals surface area contributed by atoms with Crippen molar-refractivity contribution in [3.63, 3.8) is 0 Å². The molecule has 8 heteroatoms. The summed E-state index contributed by atoms with van der Waals surface area (Å²) in [7, 11) is 0. The number of aryl methyl sites for hydroxylation is 2. The van der Waals surface area contributed by atoms with Crippen LogP contribution in [0, 0.1) is 6.92 Å². The first-order valence-corrected chi connectivity index (χ1v) is 11.5. The number of nitrogens with one attached hydrogen (secondary N) is 1. The number of carbonyl (C=O) groups is 2. The number of nitrogens with zero attached hydrogens (tertiary/aromatic N) is 2. The highest BCUT2D eigenvalue weighted by Gasteiger charge is 2.26. The Labute approximate surface area is 179 Å². The van der Waals surface area contributed by atoms with Crippen LogP contribution in [0.2, 0.25) is 0 Å². The normalized spacial score (nSPS) is 16.8. The van der Waals surface area contributed by atoms with E-state index in [1.165, 1.54) is 18.4 Å². The van der Waals surface area contributed by atoms with Crippen LogP contribution < -0.4 is 10.9 Å². The number of fused-ring (bicyclic) bond motifs is 2. The Morgan fingerprint density at radius 1 is 1.30 bits per heavy atom. The van der Waals surface area contributed by atoms with E-state index < -0.39 is 12.1 Å². The van der Waals surface area contributed by atoms with Crippen molar-refractivity contribution in [2.45, 2.75) is 71.4 Å². The Morgan fingerprint density at radius 2 is 2.13 bits per heavy atom. The highest BCUT2D eigenvalue weighted by Crippen LogP contribution is 2.29. The van der Waals surface area contributed by atoms with Crippen LogP contribution in [0.15, 0.2) is 16.4 Å². The quantitative estimate of drug-likeness (QED) is 0.562. The lowest BCUT2D eigenvalue weighted by atomic mass is 9.97. The lowest BCUT2D eigenvalue weighted by Crippen LogP contribution is -2.36. The Hall–Kier alpha value is -2.48. The first-order chi connectivity index (χ1) is 14.5. The van der Waals surface area contributed by atoms with Crippen molar-refractivity contribution in [3.8, 4) is 0 Å². The molecule has 1 aliphatic heterocycles. The van der Waals surface area contributed by atoms with Crippen LogP contribution in [0.1, 0.15) is 66.5 Å². The van der Waals surface area contributed by atoms with Crippen LogP contribution in [0.4, 0.5) is 0 Å². The lowest BCUT2D eigenvalue weighted by Gasteiger charge is -2.15. The predicted molar refractivity (Wildman–Crippen MR) is 116 cm³/mol. The molecule has 1 amide bonds. The highest BCUT2D eigenvalue weighted by atomic mass is 32.1. The third kappa shape index (κ3) is 4.05. The van der Waals surface area contributed by atoms with Crippen LogP contribution >= 0.6 is 11.3 Å². The van der Waals surface area contributed by atoms with Crippen LogP contribution in [-0.4, -0.2) is 34.1 Å². The molecule has 0 radical (unpaired) electrons. The summed E-state index contributed by atoms with van der Waals surface area (Å²) in [4.78, 5) is 43.3. The average molecular weight is 430 g/mol. The van der Waals surface area contributed by atoms with Gasteiger partial charge in [-0.2, -0.15) is 0 Å². The molecular formula is C22H27N3O4S. The second kappa shape index (κ2) is 8.71. The number of carbonyl (C=O) groups excluding carboxylic acids is 2. The van der Waals surface area contributed by atoms with Gasteiger partial charge in [0.25, 0.3) is 11.5 Å². The maximum absolute atomic E-state index is 12.8. The fourth-order valence-corrected chi connectivity index (χ4v) is 5.23. The summed E-state index contributed by atoms with van der Waals surface area (Å²) in [6.45, 7) is 4.52. The molecule has 2 aromatic heterocycles. The Kier molecular flexibility index (Phi) is 6.04. The molecule has 0 saturated heterocycles. The van der Waals surface area contributed by atoms with Gasteiger partial charge in [0.15, 0.2) is 6.10 Å². The monoisotopic (exact) mass is 429 g/mol. The number of ether oxygens (including phenoxy) is 1. The molecule has 2 aromatic rings. The van der Waals surface area contributed by atoms with Crippen molar-refractivity contribution in [1.82, 2.24) is 14.9 Å². The van der Waals surface area contributed by atoms with E-state index in [4.69, 9.17) is 4.74 Å². The average Bonchev–Trinajstić information content (AvgIpc) is 3.33. The standard InChI is InChI=1S/C22H27N3O4S/c1-13-17-20(24-16-9-6-12-25(16)21(17)27)30-18(13)22(28)29-14(2)19(26)23-11-10-15-7-4-3-5-8-15/h7,14H,3-6,8-12H2,1-2H3,(H,23,26)/t14-/m0/s1. The van der Waals surface area contributed by atoms with E-state index in [9.17, 15) is 14.4 Å². The highest BCUT2D eigenvalue weighted by molar-refractivity contribution is 7.20. The first-order valence-electron chi connectivity index (χ1n) is 10.6. The van der Waals surface area contributed by atoms with Gasteiger partial charge in [-0.25, -0.2) is 9.78 Å². The molecule has 0 saturated carbocycles. The number of esters is 1. The topological polar surface area (TPSA) is 90.3 Å². The first kappa shape index (κ1) is 20.8. The van der Waals surface area contributed by atoms with Crippen molar-refractivity contribution in [2.24, 2.45) is 0 Å². The number of aromatic nitrogens is 2. The smallest absolute Gasteiger partial charge is 0.349 e. The zero-order chi connectivity index (χ0) is 21.3. The Balaban J connectivity index is 1.40. The van der Waals surface area contributed by atoms with Gasteiger partial charge in [0.2, 0.25) is 0 Å². The maximum Gasteiger partial charge on any atom is 0.349 e. The number of thiophene rings is 1. The van der Waals surface area contributed by atoms with Crippen molar-refractivity contribution < 1.29 is 14.3 Å². The molecule has 1 N–H and O–H groups in total. The number of hydrogen-bond acceptors (Lipinski definition) is 6. The van der Waals surface area contributed by atoms with Crippen molar-refractivity contribution in [3.05, 3.63) is 38.3 Å². The molecule has 0 unspecified atom stereocenters. The van der Waals surface area contributed by atoms with Gasteiger partial charge in [-0.15, -0.1) is 11.3 Å². The van der Waals surface area contributed by atoms with Crippen molar-refractivity contribution in [2.75, 3.05) is 6.54 Å². The van der Waals surface area contributed by atoms with E-state index >= 15 is 0 Å². The zero-order valence-electron chi connectivity index (χ0n) is 17.5. The van der Waals surface area contributed by atoms with Crippen LogP contribution in [-0.2, 0) is 22.5 Å². The number of allylic oxidation sites excluding steroid dienone is 1. The largest absolute Gasteiger partial charge is 0.448 e. The summed E-state index contributed by atoms with van der Waals surface area (Å²) in [5, 5.41) is 3.33. The molecule has 0 aromatic carbocycles. The molecule has 0 fully saturated rings. The minimum Gasteiger partial charge on any atom is -0.448 e. The van der Waals surface area contributed by atoms with Crippen LogP contribution in [0.5, 0.6) is 0 Å². The number of hydrogen-bond donors (Lipinski definition) is 1. The van der Waals surface area contributed by atoms with E-state index in [0.29, 0.717) is 33.7 Å². The Bertz CT molecular complexity index is 1080. The maximum atomic E-state index is 12.8. The summed E-state index contributed by atoms with van der Waals surface area (Å²) in [6, 6.07) is 0. The van der Waals surface area contributed by atoms with E-state index in [2.05, 4.69) is 16.4 Å². The van der Waals surface area contributed by atoms with Gasteiger partial charge < -0.3 is 10.1 Å². The molecular weight excluding hydrogens is 402 g/mol. The van der Waals surface area contributed by atoms with Gasteiger partial charge in [0.05, 0.1) is 5.39 Å². The molecule has 3 heterocycles. The number of amides is 1. The summed E-state index contributed by atoms with van der Waals surface area (Å²) in [6.07, 6.45) is 8.55. The fourth-order valence-electron chi connectivity index (χ4n) is 4.16. The molecule has 1 atom stereocenters. The predicted octanol–water partition coefficient (Wildman–Crippen LogP) is 3.26. The van der Waals surface area contributed by atoms with Crippen molar-refractivity contribution >= 4 is 33.4 Å². The molecule has 2 aliphatic rings. The SMILES string of the molecule is Cc1c(C(=O)O[C@@H](C)C(=O)NCCC2=CCCCC2)sc2nc3n(c(=O)c12)CCC3. The van der Waals surface area contributed by atoms with Gasteiger partial charge in [0.1, 0.15) is 15.5 Å². The van der Waals surface area contributed by atoms with Crippen LogP contribution in [0.3, 0.4) is 0 Å². The lowest BCUT2D eigenvalue weighted by molar-refractivity contribution is -0.129. The molecule has 0 spiro atoms. The Morgan fingerprint density at radius 3 is 2.90 bits per heavy atom. The molecule has 7 nitrogen and oxygen atoms in total.